The molecule has 0 aliphatic heterocycles. The highest BCUT2D eigenvalue weighted by atomic mass is 32.2. The number of thiazole rings is 1. The summed E-state index contributed by atoms with van der Waals surface area (Å²) in [6, 6.07) is 0. The molecule has 0 bridgehead atoms. The van der Waals surface area contributed by atoms with Crippen molar-refractivity contribution in [2.75, 3.05) is 5.75 Å². The van der Waals surface area contributed by atoms with Crippen LogP contribution < -0.4 is 0 Å². The molecular weight excluding hydrogens is 254 g/mol. The number of thioether (sulfide) groups is 1. The monoisotopic (exact) mass is 267 g/mol. The Morgan fingerprint density at radius 2 is 2.18 bits per heavy atom. The van der Waals surface area contributed by atoms with Crippen LogP contribution in [0.1, 0.15) is 17.6 Å². The van der Waals surface area contributed by atoms with E-state index in [4.69, 9.17) is 4.42 Å². The van der Waals surface area contributed by atoms with Crippen molar-refractivity contribution in [2.45, 2.75) is 26.0 Å². The largest absolute Gasteiger partial charge is 0.410 e. The first kappa shape index (κ1) is 12.3. The van der Waals surface area contributed by atoms with E-state index in [9.17, 15) is 0 Å². The first-order valence-electron chi connectivity index (χ1n) is 5.11. The average molecular weight is 267 g/mol. The second-order valence-corrected chi connectivity index (χ2v) is 5.90. The van der Waals surface area contributed by atoms with Gasteiger partial charge in [0, 0.05) is 5.75 Å². The maximum absolute atomic E-state index is 5.58. The first-order valence-corrected chi connectivity index (χ1v) is 6.91. The quantitative estimate of drug-likeness (QED) is 0.627. The summed E-state index contributed by atoms with van der Waals surface area (Å²) in [6.45, 7) is 9.72. The fraction of sp³-hybridized carbons (Fsp3) is 0.364. The molecule has 2 aromatic rings. The second-order valence-electron chi connectivity index (χ2n) is 3.77. The Kier molecular flexibility index (Phi) is 3.63. The number of hydrogen-bond donors (Lipinski definition) is 0. The summed E-state index contributed by atoms with van der Waals surface area (Å²) >= 11 is 3.07. The van der Waals surface area contributed by atoms with Crippen molar-refractivity contribution < 1.29 is 4.42 Å². The van der Waals surface area contributed by atoms with E-state index in [1.54, 1.807) is 11.3 Å². The number of aryl methyl sites for hydroxylation is 2. The Labute approximate surface area is 108 Å². The van der Waals surface area contributed by atoms with Crippen molar-refractivity contribution in [2.24, 2.45) is 0 Å². The lowest BCUT2D eigenvalue weighted by Gasteiger charge is -1.93. The third-order valence-corrected chi connectivity index (χ3v) is 4.06. The molecule has 4 nitrogen and oxygen atoms in total. The van der Waals surface area contributed by atoms with E-state index in [-0.39, 0.29) is 0 Å². The van der Waals surface area contributed by atoms with Gasteiger partial charge in [-0.2, -0.15) is 0 Å². The summed E-state index contributed by atoms with van der Waals surface area (Å²) < 4.78 is 5.58. The molecule has 2 heterocycles. The van der Waals surface area contributed by atoms with Gasteiger partial charge in [0.1, 0.15) is 4.88 Å². The molecule has 0 N–H and O–H groups in total. The molecule has 90 valence electrons. The summed E-state index contributed by atoms with van der Waals surface area (Å²) in [5.74, 6) is 1.35. The summed E-state index contributed by atoms with van der Waals surface area (Å²) in [4.78, 5) is 5.30. The zero-order valence-electron chi connectivity index (χ0n) is 9.98. The Bertz CT molecular complexity index is 545. The van der Waals surface area contributed by atoms with Gasteiger partial charge in [0.05, 0.1) is 10.7 Å². The predicted molar refractivity (Wildman–Crippen MR) is 70.4 cm³/mol. The minimum Gasteiger partial charge on any atom is -0.410 e. The second kappa shape index (κ2) is 5.01. The van der Waals surface area contributed by atoms with E-state index in [2.05, 4.69) is 21.8 Å². The summed E-state index contributed by atoms with van der Waals surface area (Å²) in [5, 5.41) is 9.62. The van der Waals surface area contributed by atoms with Gasteiger partial charge in [0.25, 0.3) is 11.1 Å². The van der Waals surface area contributed by atoms with Crippen LogP contribution in [-0.4, -0.2) is 20.9 Å². The standard InChI is InChI=1S/C11H13N3OS2/c1-6(2)5-16-11-14-13-10(15-11)9-7(3)12-8(4)17-9/h1,5H2,2-4H3. The molecule has 0 unspecified atom stereocenters. The average Bonchev–Trinajstić information content (AvgIpc) is 2.82. The highest BCUT2D eigenvalue weighted by molar-refractivity contribution is 7.99. The van der Waals surface area contributed by atoms with Gasteiger partial charge in [-0.25, -0.2) is 4.98 Å². The van der Waals surface area contributed by atoms with Crippen molar-refractivity contribution in [3.63, 3.8) is 0 Å². The highest BCUT2D eigenvalue weighted by Crippen LogP contribution is 2.30. The third-order valence-electron chi connectivity index (χ3n) is 1.95. The molecule has 0 saturated heterocycles. The lowest BCUT2D eigenvalue weighted by Crippen LogP contribution is -1.78. The molecule has 0 amide bonds. The van der Waals surface area contributed by atoms with Gasteiger partial charge < -0.3 is 4.42 Å². The molecule has 2 aromatic heterocycles. The van der Waals surface area contributed by atoms with Crippen molar-refractivity contribution >= 4 is 23.1 Å². The third kappa shape index (κ3) is 2.95. The normalized spacial score (nSPS) is 10.8. The molecule has 0 radical (unpaired) electrons. The van der Waals surface area contributed by atoms with Crippen LogP contribution in [-0.2, 0) is 0 Å². The highest BCUT2D eigenvalue weighted by Gasteiger charge is 2.14. The van der Waals surface area contributed by atoms with Crippen molar-refractivity contribution in [3.8, 4) is 10.8 Å². The zero-order chi connectivity index (χ0) is 12.4. The van der Waals surface area contributed by atoms with Crippen LogP contribution in [0.5, 0.6) is 0 Å². The molecule has 2 rings (SSSR count). The fourth-order valence-electron chi connectivity index (χ4n) is 1.27. The predicted octanol–water partition coefficient (Wildman–Crippen LogP) is 3.48. The fourth-order valence-corrected chi connectivity index (χ4v) is 2.72. The number of rotatable bonds is 4. The van der Waals surface area contributed by atoms with Gasteiger partial charge in [0.15, 0.2) is 0 Å². The number of nitrogens with zero attached hydrogens (tertiary/aromatic N) is 3. The van der Waals surface area contributed by atoms with E-state index < -0.39 is 0 Å². The summed E-state index contributed by atoms with van der Waals surface area (Å²) in [6.07, 6.45) is 0. The van der Waals surface area contributed by atoms with Gasteiger partial charge in [-0.15, -0.1) is 21.5 Å². The Balaban J connectivity index is 2.18. The van der Waals surface area contributed by atoms with Gasteiger partial charge in [-0.3, -0.25) is 0 Å². The number of aromatic nitrogens is 3. The molecule has 0 aliphatic rings. The Hall–Kier alpha value is -1.14. The lowest BCUT2D eigenvalue weighted by atomic mass is 10.4. The van der Waals surface area contributed by atoms with E-state index in [1.165, 1.54) is 11.8 Å². The van der Waals surface area contributed by atoms with Gasteiger partial charge in [-0.1, -0.05) is 23.9 Å². The van der Waals surface area contributed by atoms with E-state index >= 15 is 0 Å². The van der Waals surface area contributed by atoms with Gasteiger partial charge in [-0.05, 0) is 20.8 Å². The summed E-state index contributed by atoms with van der Waals surface area (Å²) in [7, 11) is 0. The van der Waals surface area contributed by atoms with Gasteiger partial charge in [0.2, 0.25) is 0 Å². The SMILES string of the molecule is C=C(C)CSc1nnc(-c2sc(C)nc2C)o1. The van der Waals surface area contributed by atoms with Crippen LogP contribution in [0.2, 0.25) is 0 Å². The molecule has 6 heteroatoms. The number of hydrogen-bond acceptors (Lipinski definition) is 6. The van der Waals surface area contributed by atoms with Crippen LogP contribution in [0.15, 0.2) is 21.8 Å². The smallest absolute Gasteiger partial charge is 0.277 e. The van der Waals surface area contributed by atoms with Crippen LogP contribution in [0.25, 0.3) is 10.8 Å². The molecule has 17 heavy (non-hydrogen) atoms. The molecule has 0 aliphatic carbocycles. The first-order chi connectivity index (χ1) is 8.06. The minimum atomic E-state index is 0.553. The Morgan fingerprint density at radius 3 is 2.76 bits per heavy atom. The van der Waals surface area contributed by atoms with Crippen molar-refractivity contribution in [3.05, 3.63) is 22.9 Å². The Morgan fingerprint density at radius 1 is 1.41 bits per heavy atom. The molecular formula is C11H13N3OS2. The maximum atomic E-state index is 5.58. The molecule has 0 fully saturated rings. The molecule has 0 spiro atoms. The van der Waals surface area contributed by atoms with Crippen LogP contribution in [0.4, 0.5) is 0 Å². The molecule has 0 atom stereocenters. The topological polar surface area (TPSA) is 51.8 Å². The van der Waals surface area contributed by atoms with E-state index in [0.717, 1.165) is 26.9 Å². The lowest BCUT2D eigenvalue weighted by molar-refractivity contribution is 0.466. The van der Waals surface area contributed by atoms with Crippen molar-refractivity contribution in [1.29, 1.82) is 0 Å². The molecule has 0 saturated carbocycles. The summed E-state index contributed by atoms with van der Waals surface area (Å²) in [5.41, 5.74) is 2.02. The van der Waals surface area contributed by atoms with Crippen LogP contribution >= 0.6 is 23.1 Å². The maximum Gasteiger partial charge on any atom is 0.277 e. The molecule has 0 aromatic carbocycles. The van der Waals surface area contributed by atoms with Crippen LogP contribution in [0.3, 0.4) is 0 Å². The minimum absolute atomic E-state index is 0.553. The van der Waals surface area contributed by atoms with Gasteiger partial charge >= 0.3 is 0 Å². The van der Waals surface area contributed by atoms with E-state index in [1.807, 2.05) is 20.8 Å². The van der Waals surface area contributed by atoms with Crippen molar-refractivity contribution in [1.82, 2.24) is 15.2 Å². The van der Waals surface area contributed by atoms with E-state index in [0.29, 0.717) is 11.1 Å². The zero-order valence-corrected chi connectivity index (χ0v) is 11.6. The van der Waals surface area contributed by atoms with Crippen LogP contribution in [0, 0.1) is 13.8 Å².